The van der Waals surface area contributed by atoms with E-state index in [1.165, 1.54) is 18.9 Å². The highest BCUT2D eigenvalue weighted by molar-refractivity contribution is 7.77. The van der Waals surface area contributed by atoms with Crippen LogP contribution in [0.5, 0.6) is 0 Å². The van der Waals surface area contributed by atoms with E-state index in [1.54, 1.807) is 0 Å². The van der Waals surface area contributed by atoms with Gasteiger partial charge in [0.05, 0.1) is 6.20 Å². The van der Waals surface area contributed by atoms with Gasteiger partial charge in [0.1, 0.15) is 18.3 Å². The largest absolute Gasteiger partial charge is 0.289 e. The lowest BCUT2D eigenvalue weighted by Gasteiger charge is -1.99. The van der Waals surface area contributed by atoms with Crippen molar-refractivity contribution in [2.24, 2.45) is 0 Å². The number of fused-ring (bicyclic) bond motifs is 1. The van der Waals surface area contributed by atoms with Gasteiger partial charge in [-0.2, -0.15) is 0 Å². The molecule has 0 saturated carbocycles. The molecule has 2 rings (SSSR count). The molecule has 2 heterocycles. The van der Waals surface area contributed by atoms with Crippen LogP contribution >= 0.6 is 0 Å². The molecule has 1 atom stereocenters. The molecule has 0 aromatic heterocycles. The Labute approximate surface area is 70.1 Å². The zero-order valence-electron chi connectivity index (χ0n) is 5.78. The Bertz CT molecular complexity index is 400. The fourth-order valence-electron chi connectivity index (χ4n) is 0.811. The Kier molecular flexibility index (Phi) is 1.59. The summed E-state index contributed by atoms with van der Waals surface area (Å²) in [6, 6.07) is 0. The molecule has 0 aromatic rings. The van der Waals surface area contributed by atoms with E-state index in [9.17, 15) is 4.21 Å². The van der Waals surface area contributed by atoms with Crippen LogP contribution in [0.4, 0.5) is 0 Å². The first-order valence-electron chi connectivity index (χ1n) is 3.03. The van der Waals surface area contributed by atoms with Crippen molar-refractivity contribution >= 4 is 11.3 Å². The van der Waals surface area contributed by atoms with Crippen LogP contribution in [0.2, 0.25) is 0 Å². The summed E-state index contributed by atoms with van der Waals surface area (Å²) in [5, 5.41) is 0. The Morgan fingerprint density at radius 3 is 3.00 bits per heavy atom. The third-order valence-electron chi connectivity index (χ3n) is 1.33. The van der Waals surface area contributed by atoms with Crippen LogP contribution in [-0.2, 0) is 11.3 Å². The van der Waals surface area contributed by atoms with Gasteiger partial charge in [0.15, 0.2) is 5.82 Å². The second kappa shape index (κ2) is 2.61. The minimum Gasteiger partial charge on any atom is -0.289 e. The predicted molar refractivity (Wildman–Crippen MR) is 40.6 cm³/mol. The zero-order valence-corrected chi connectivity index (χ0v) is 6.60. The van der Waals surface area contributed by atoms with Gasteiger partial charge in [-0.05, 0) is 0 Å². The van der Waals surface area contributed by atoms with Crippen molar-refractivity contribution < 1.29 is 8.76 Å². The summed E-state index contributed by atoms with van der Waals surface area (Å²) in [5.74, 6) is 0.469. The maximum absolute atomic E-state index is 10.6. The molecule has 0 bridgehead atoms. The summed E-state index contributed by atoms with van der Waals surface area (Å²) < 4.78 is 20.3. The highest BCUT2D eigenvalue weighted by Gasteiger charge is 2.07. The Hall–Kier alpha value is -1.34. The number of nitrogens with zero attached hydrogens (tertiary/aromatic N) is 4. The lowest BCUT2D eigenvalue weighted by molar-refractivity contribution is 0.553. The summed E-state index contributed by atoms with van der Waals surface area (Å²) in [6.45, 7) is 0. The summed E-state index contributed by atoms with van der Waals surface area (Å²) in [6.07, 6.45) is 3.99. The third kappa shape index (κ3) is 1.08. The average molecular weight is 184 g/mol. The second-order valence-electron chi connectivity index (χ2n) is 2.05. The van der Waals surface area contributed by atoms with Crippen LogP contribution in [0, 0.1) is 0 Å². The molecule has 0 radical (unpaired) electrons. The molecule has 0 saturated heterocycles. The maximum atomic E-state index is 10.6. The van der Waals surface area contributed by atoms with E-state index in [-0.39, 0.29) is 0 Å². The quantitative estimate of drug-likeness (QED) is 0.619. The molecule has 0 aromatic carbocycles. The number of aromatic nitrogens is 4. The molecule has 0 fully saturated rings. The van der Waals surface area contributed by atoms with Crippen molar-refractivity contribution in [1.29, 1.82) is 0 Å². The van der Waals surface area contributed by atoms with Crippen molar-refractivity contribution in [2.45, 2.75) is 0 Å². The van der Waals surface area contributed by atoms with Gasteiger partial charge < -0.3 is 0 Å². The SMILES string of the molecule is O=S(O)n1cnc2ncnc-2c1. The van der Waals surface area contributed by atoms with E-state index >= 15 is 0 Å². The van der Waals surface area contributed by atoms with Gasteiger partial charge >= 0.3 is 0 Å². The topological polar surface area (TPSA) is 80.9 Å². The van der Waals surface area contributed by atoms with E-state index in [1.807, 2.05) is 0 Å². The first kappa shape index (κ1) is 7.32. The predicted octanol–water partition coefficient (Wildman–Crippen LogP) is -0.237. The van der Waals surface area contributed by atoms with Crippen molar-refractivity contribution in [2.75, 3.05) is 0 Å². The minimum atomic E-state index is -2.08. The van der Waals surface area contributed by atoms with Gasteiger partial charge in [0.25, 0.3) is 11.3 Å². The van der Waals surface area contributed by atoms with Gasteiger partial charge in [0.2, 0.25) is 0 Å². The molecule has 2 aliphatic rings. The molecule has 62 valence electrons. The second-order valence-corrected chi connectivity index (χ2v) is 2.93. The Morgan fingerprint density at radius 1 is 1.42 bits per heavy atom. The molecule has 1 unspecified atom stereocenters. The van der Waals surface area contributed by atoms with Crippen LogP contribution in [0.15, 0.2) is 18.9 Å². The number of hydrogen-bond donors (Lipinski definition) is 1. The van der Waals surface area contributed by atoms with Crippen LogP contribution in [-0.4, -0.2) is 27.7 Å². The standard InChI is InChI=1S/C5H4N4O2S/c10-12(11)9-1-4-5(8-3-9)7-2-6-4/h1-3H,(H,10,11). The van der Waals surface area contributed by atoms with Crippen molar-refractivity contribution in [3.8, 4) is 11.5 Å². The number of imidazole rings is 1. The zero-order chi connectivity index (χ0) is 8.55. The minimum absolute atomic E-state index is 0.469. The fourth-order valence-corrected chi connectivity index (χ4v) is 1.13. The van der Waals surface area contributed by atoms with E-state index in [0.29, 0.717) is 11.5 Å². The highest BCUT2D eigenvalue weighted by atomic mass is 32.2. The van der Waals surface area contributed by atoms with Crippen LogP contribution in [0.1, 0.15) is 0 Å². The monoisotopic (exact) mass is 184 g/mol. The lowest BCUT2D eigenvalue weighted by Crippen LogP contribution is -2.05. The molecule has 1 N–H and O–H groups in total. The molecule has 12 heavy (non-hydrogen) atoms. The summed E-state index contributed by atoms with van der Waals surface area (Å²) in [7, 11) is 0. The maximum Gasteiger partial charge on any atom is 0.266 e. The van der Waals surface area contributed by atoms with Gasteiger partial charge in [-0.15, -0.1) is 0 Å². The van der Waals surface area contributed by atoms with E-state index < -0.39 is 11.3 Å². The first-order valence-corrected chi connectivity index (χ1v) is 4.10. The van der Waals surface area contributed by atoms with E-state index in [4.69, 9.17) is 4.55 Å². The van der Waals surface area contributed by atoms with Gasteiger partial charge in [-0.3, -0.25) is 4.55 Å². The van der Waals surface area contributed by atoms with E-state index in [2.05, 4.69) is 15.0 Å². The molecule has 2 aliphatic heterocycles. The first-order chi connectivity index (χ1) is 5.77. The molecule has 0 spiro atoms. The van der Waals surface area contributed by atoms with Crippen LogP contribution in [0.3, 0.4) is 0 Å². The number of rotatable bonds is 1. The Morgan fingerprint density at radius 2 is 2.25 bits per heavy atom. The van der Waals surface area contributed by atoms with Crippen LogP contribution in [0.25, 0.3) is 11.5 Å². The van der Waals surface area contributed by atoms with Crippen molar-refractivity contribution in [3.05, 3.63) is 18.9 Å². The van der Waals surface area contributed by atoms with Gasteiger partial charge in [-0.1, -0.05) is 0 Å². The highest BCUT2D eigenvalue weighted by Crippen LogP contribution is 2.11. The third-order valence-corrected chi connectivity index (χ3v) is 1.89. The summed E-state index contributed by atoms with van der Waals surface area (Å²) in [4.78, 5) is 11.4. The summed E-state index contributed by atoms with van der Waals surface area (Å²) in [5.41, 5.74) is 0.500. The van der Waals surface area contributed by atoms with E-state index in [0.717, 1.165) is 3.97 Å². The molecular formula is C5H4N4O2S. The molecule has 0 amide bonds. The number of hydrogen-bond acceptors (Lipinski definition) is 4. The molecule has 6 nitrogen and oxygen atoms in total. The molecule has 0 aliphatic carbocycles. The lowest BCUT2D eigenvalue weighted by atomic mass is 10.4. The molecule has 7 heteroatoms. The molecular weight excluding hydrogens is 180 g/mol. The Balaban J connectivity index is 2.62. The van der Waals surface area contributed by atoms with Crippen molar-refractivity contribution in [1.82, 2.24) is 18.9 Å². The van der Waals surface area contributed by atoms with Gasteiger partial charge in [0, 0.05) is 0 Å². The normalized spacial score (nSPS) is 13.4. The average Bonchev–Trinajstić information content (AvgIpc) is 2.49. The van der Waals surface area contributed by atoms with Gasteiger partial charge in [-0.25, -0.2) is 23.1 Å². The van der Waals surface area contributed by atoms with Crippen molar-refractivity contribution in [3.63, 3.8) is 0 Å². The summed E-state index contributed by atoms with van der Waals surface area (Å²) >= 11 is -2.08. The smallest absolute Gasteiger partial charge is 0.266 e. The van der Waals surface area contributed by atoms with Crippen LogP contribution < -0.4 is 0 Å². The fraction of sp³-hybridized carbons (Fsp3) is 0.